The number of rotatable bonds is 6. The number of halogens is 1. The van der Waals surface area contributed by atoms with Gasteiger partial charge in [-0.05, 0) is 55.9 Å². The number of sulfonamides is 1. The number of hydrogen-bond donors (Lipinski definition) is 2. The molecule has 0 aromatic heterocycles. The Morgan fingerprint density at radius 3 is 2.44 bits per heavy atom. The first-order valence-electron chi connectivity index (χ1n) is 7.55. The minimum Gasteiger partial charge on any atom is -0.325 e. The SMILES string of the molecule is C[C@H](C(=O)Nc1ccc(S(N)(=O)=O)cc1)N(C)Cc1cccc(Cl)c1. The average Bonchev–Trinajstić information content (AvgIpc) is 2.53. The number of amides is 1. The van der Waals surface area contributed by atoms with Crippen molar-refractivity contribution in [1.82, 2.24) is 4.90 Å². The average molecular weight is 382 g/mol. The summed E-state index contributed by atoms with van der Waals surface area (Å²) in [5, 5.41) is 8.46. The molecule has 0 heterocycles. The van der Waals surface area contributed by atoms with Crippen LogP contribution in [0.3, 0.4) is 0 Å². The topological polar surface area (TPSA) is 92.5 Å². The predicted molar refractivity (Wildman–Crippen MR) is 98.8 cm³/mol. The molecule has 0 saturated heterocycles. The summed E-state index contributed by atoms with van der Waals surface area (Å²) in [6, 6.07) is 12.8. The van der Waals surface area contributed by atoms with E-state index >= 15 is 0 Å². The van der Waals surface area contributed by atoms with Gasteiger partial charge in [0.05, 0.1) is 10.9 Å². The van der Waals surface area contributed by atoms with Crippen LogP contribution < -0.4 is 10.5 Å². The van der Waals surface area contributed by atoms with Crippen molar-refractivity contribution < 1.29 is 13.2 Å². The van der Waals surface area contributed by atoms with Crippen LogP contribution in [0.2, 0.25) is 5.02 Å². The molecule has 0 bridgehead atoms. The Labute approximate surface area is 152 Å². The molecular weight excluding hydrogens is 362 g/mol. The molecule has 25 heavy (non-hydrogen) atoms. The van der Waals surface area contributed by atoms with Gasteiger partial charge in [-0.15, -0.1) is 0 Å². The second-order valence-corrected chi connectivity index (χ2v) is 7.78. The Hall–Kier alpha value is -1.93. The van der Waals surface area contributed by atoms with Crippen molar-refractivity contribution in [2.45, 2.75) is 24.4 Å². The van der Waals surface area contributed by atoms with Gasteiger partial charge in [-0.1, -0.05) is 23.7 Å². The van der Waals surface area contributed by atoms with Crippen LogP contribution in [-0.4, -0.2) is 32.3 Å². The standard InChI is InChI=1S/C17H20ClN3O3S/c1-12(21(2)11-13-4-3-5-14(18)10-13)17(22)20-15-6-8-16(9-7-15)25(19,23)24/h3-10,12H,11H2,1-2H3,(H,20,22)(H2,19,23,24)/t12-/m1/s1. The molecule has 0 saturated carbocycles. The van der Waals surface area contributed by atoms with Gasteiger partial charge in [0.25, 0.3) is 0 Å². The second kappa shape index (κ2) is 7.97. The molecule has 1 amide bonds. The first-order valence-corrected chi connectivity index (χ1v) is 9.47. The summed E-state index contributed by atoms with van der Waals surface area (Å²) >= 11 is 5.97. The maximum Gasteiger partial charge on any atom is 0.241 e. The van der Waals surface area contributed by atoms with Gasteiger partial charge in [-0.3, -0.25) is 9.69 Å². The lowest BCUT2D eigenvalue weighted by Crippen LogP contribution is -2.39. The molecule has 8 heteroatoms. The smallest absolute Gasteiger partial charge is 0.241 e. The molecule has 3 N–H and O–H groups in total. The molecule has 2 rings (SSSR count). The molecule has 2 aromatic rings. The fourth-order valence-electron chi connectivity index (χ4n) is 2.24. The Kier molecular flexibility index (Phi) is 6.18. The van der Waals surface area contributed by atoms with E-state index in [9.17, 15) is 13.2 Å². The van der Waals surface area contributed by atoms with Crippen LogP contribution in [0.4, 0.5) is 5.69 Å². The summed E-state index contributed by atoms with van der Waals surface area (Å²) < 4.78 is 22.5. The highest BCUT2D eigenvalue weighted by Gasteiger charge is 2.18. The van der Waals surface area contributed by atoms with E-state index < -0.39 is 16.1 Å². The molecule has 6 nitrogen and oxygen atoms in total. The molecule has 1 atom stereocenters. The Morgan fingerprint density at radius 2 is 1.88 bits per heavy atom. The Morgan fingerprint density at radius 1 is 1.24 bits per heavy atom. The maximum atomic E-state index is 12.4. The highest BCUT2D eigenvalue weighted by Crippen LogP contribution is 2.15. The Balaban J connectivity index is 1.99. The van der Waals surface area contributed by atoms with E-state index in [1.807, 2.05) is 30.1 Å². The van der Waals surface area contributed by atoms with Crippen molar-refractivity contribution in [3.63, 3.8) is 0 Å². The van der Waals surface area contributed by atoms with Crippen molar-refractivity contribution in [3.05, 3.63) is 59.1 Å². The highest BCUT2D eigenvalue weighted by molar-refractivity contribution is 7.89. The minimum absolute atomic E-state index is 0.00313. The molecule has 0 aliphatic heterocycles. The van der Waals surface area contributed by atoms with E-state index in [0.717, 1.165) is 5.56 Å². The Bertz CT molecular complexity index is 854. The fraction of sp³-hybridized carbons (Fsp3) is 0.235. The third-order valence-corrected chi connectivity index (χ3v) is 4.98. The summed E-state index contributed by atoms with van der Waals surface area (Å²) in [7, 11) is -1.91. The van der Waals surface area contributed by atoms with E-state index in [4.69, 9.17) is 16.7 Å². The maximum absolute atomic E-state index is 12.4. The van der Waals surface area contributed by atoms with E-state index in [2.05, 4.69) is 5.32 Å². The van der Waals surface area contributed by atoms with Crippen molar-refractivity contribution in [1.29, 1.82) is 0 Å². The molecule has 0 aliphatic carbocycles. The van der Waals surface area contributed by atoms with Crippen molar-refractivity contribution in [2.24, 2.45) is 5.14 Å². The number of hydrogen-bond acceptors (Lipinski definition) is 4. The van der Waals surface area contributed by atoms with Gasteiger partial charge in [-0.2, -0.15) is 0 Å². The van der Waals surface area contributed by atoms with Gasteiger partial charge in [0.1, 0.15) is 0 Å². The number of nitrogens with one attached hydrogen (secondary N) is 1. The minimum atomic E-state index is -3.75. The van der Waals surface area contributed by atoms with Gasteiger partial charge in [-0.25, -0.2) is 13.6 Å². The number of carbonyl (C=O) groups is 1. The lowest BCUT2D eigenvalue weighted by molar-refractivity contribution is -0.120. The molecule has 0 aliphatic rings. The molecule has 2 aromatic carbocycles. The van der Waals surface area contributed by atoms with Crippen LogP contribution in [0.25, 0.3) is 0 Å². The number of primary sulfonamides is 1. The van der Waals surface area contributed by atoms with E-state index in [-0.39, 0.29) is 10.8 Å². The number of nitrogens with zero attached hydrogens (tertiary/aromatic N) is 1. The van der Waals surface area contributed by atoms with Crippen LogP contribution >= 0.6 is 11.6 Å². The van der Waals surface area contributed by atoms with Gasteiger partial charge in [0, 0.05) is 17.3 Å². The van der Waals surface area contributed by atoms with Crippen LogP contribution in [0.15, 0.2) is 53.4 Å². The third kappa shape index (κ3) is 5.54. The molecule has 0 spiro atoms. The highest BCUT2D eigenvalue weighted by atomic mass is 35.5. The normalized spacial score (nSPS) is 12.8. The van der Waals surface area contributed by atoms with Gasteiger partial charge >= 0.3 is 0 Å². The quantitative estimate of drug-likeness (QED) is 0.803. The van der Waals surface area contributed by atoms with E-state index in [1.54, 1.807) is 13.0 Å². The molecule has 0 unspecified atom stereocenters. The molecule has 0 radical (unpaired) electrons. The first kappa shape index (κ1) is 19.4. The van der Waals surface area contributed by atoms with Crippen LogP contribution in [0, 0.1) is 0 Å². The molecule has 0 fully saturated rings. The number of anilines is 1. The van der Waals surface area contributed by atoms with Crippen molar-refractivity contribution in [3.8, 4) is 0 Å². The van der Waals surface area contributed by atoms with Crippen LogP contribution in [-0.2, 0) is 21.4 Å². The number of carbonyl (C=O) groups excluding carboxylic acids is 1. The largest absolute Gasteiger partial charge is 0.325 e. The lowest BCUT2D eigenvalue weighted by atomic mass is 10.2. The fourth-order valence-corrected chi connectivity index (χ4v) is 2.96. The number of benzene rings is 2. The summed E-state index contributed by atoms with van der Waals surface area (Å²) in [6.45, 7) is 2.36. The number of nitrogens with two attached hydrogens (primary N) is 1. The zero-order chi connectivity index (χ0) is 18.6. The zero-order valence-corrected chi connectivity index (χ0v) is 15.5. The summed E-state index contributed by atoms with van der Waals surface area (Å²) in [4.78, 5) is 14.3. The monoisotopic (exact) mass is 381 g/mol. The van der Waals surface area contributed by atoms with Crippen LogP contribution in [0.5, 0.6) is 0 Å². The lowest BCUT2D eigenvalue weighted by Gasteiger charge is -2.24. The van der Waals surface area contributed by atoms with Gasteiger partial charge in [0.2, 0.25) is 15.9 Å². The third-order valence-electron chi connectivity index (χ3n) is 3.81. The first-order chi connectivity index (χ1) is 11.7. The second-order valence-electron chi connectivity index (χ2n) is 5.78. The summed E-state index contributed by atoms with van der Waals surface area (Å²) in [5.41, 5.74) is 1.51. The summed E-state index contributed by atoms with van der Waals surface area (Å²) in [5.74, 6) is -0.201. The van der Waals surface area contributed by atoms with E-state index in [1.165, 1.54) is 24.3 Å². The van der Waals surface area contributed by atoms with Crippen molar-refractivity contribution >= 4 is 33.2 Å². The predicted octanol–water partition coefficient (Wildman–Crippen LogP) is 2.45. The van der Waals surface area contributed by atoms with Crippen molar-refractivity contribution in [2.75, 3.05) is 12.4 Å². The molecular formula is C17H20ClN3O3S. The summed E-state index contributed by atoms with van der Waals surface area (Å²) in [6.07, 6.45) is 0. The van der Waals surface area contributed by atoms with Gasteiger partial charge in [0.15, 0.2) is 0 Å². The zero-order valence-electron chi connectivity index (χ0n) is 13.9. The molecule has 134 valence electrons. The van der Waals surface area contributed by atoms with Crippen LogP contribution in [0.1, 0.15) is 12.5 Å². The number of likely N-dealkylation sites (N-methyl/N-ethyl adjacent to an activating group) is 1. The van der Waals surface area contributed by atoms with E-state index in [0.29, 0.717) is 17.3 Å². The van der Waals surface area contributed by atoms with Gasteiger partial charge < -0.3 is 5.32 Å².